The molecule has 0 saturated carbocycles. The summed E-state index contributed by atoms with van der Waals surface area (Å²) in [5, 5.41) is 7.63. The first-order chi connectivity index (χ1) is 11.3. The molecule has 0 aromatic heterocycles. The van der Waals surface area contributed by atoms with Gasteiger partial charge in [0.25, 0.3) is 0 Å². The normalized spacial score (nSPS) is 19.2. The van der Waals surface area contributed by atoms with Gasteiger partial charge in [-0.05, 0) is 44.0 Å². The Morgan fingerprint density at radius 3 is 2.88 bits per heavy atom. The maximum Gasteiger partial charge on any atom is 0.249 e. The first-order valence-electron chi connectivity index (χ1n) is 7.54. The first-order valence-corrected chi connectivity index (χ1v) is 7.92. The molecule has 3 N–H and O–H groups in total. The van der Waals surface area contributed by atoms with Gasteiger partial charge in [-0.15, -0.1) is 0 Å². The summed E-state index contributed by atoms with van der Waals surface area (Å²) in [5.74, 6) is 0.421. The maximum absolute atomic E-state index is 12.7. The lowest BCUT2D eigenvalue weighted by atomic mass is 10.1. The highest BCUT2D eigenvalue weighted by Gasteiger charge is 2.39. The van der Waals surface area contributed by atoms with E-state index < -0.39 is 6.04 Å². The Bertz CT molecular complexity index is 783. The molecule has 24 heavy (non-hydrogen) atoms. The molecular weight excluding hydrogens is 330 g/mol. The molecular formula is C16H18ClN5O2. The summed E-state index contributed by atoms with van der Waals surface area (Å²) in [6.07, 6.45) is 0.0352. The number of carbonyl (C=O) groups excluding carboxylic acids is 2. The fourth-order valence-corrected chi connectivity index (χ4v) is 2.66. The molecule has 2 aliphatic rings. The second kappa shape index (κ2) is 6.16. The Morgan fingerprint density at radius 1 is 1.42 bits per heavy atom. The summed E-state index contributed by atoms with van der Waals surface area (Å²) in [6, 6.07) is 4.57. The number of anilines is 1. The van der Waals surface area contributed by atoms with Crippen molar-refractivity contribution in [3.05, 3.63) is 40.2 Å². The van der Waals surface area contributed by atoms with Gasteiger partial charge >= 0.3 is 0 Å². The van der Waals surface area contributed by atoms with Gasteiger partial charge in [0.2, 0.25) is 17.8 Å². The van der Waals surface area contributed by atoms with Crippen LogP contribution in [0.25, 0.3) is 0 Å². The van der Waals surface area contributed by atoms with Gasteiger partial charge in [-0.3, -0.25) is 20.3 Å². The van der Waals surface area contributed by atoms with Crippen LogP contribution in [0.2, 0.25) is 5.02 Å². The molecule has 2 aliphatic heterocycles. The highest BCUT2D eigenvalue weighted by atomic mass is 35.5. The number of aliphatic imine (C=N–C) groups is 1. The third-order valence-corrected chi connectivity index (χ3v) is 4.08. The number of guanidine groups is 1. The summed E-state index contributed by atoms with van der Waals surface area (Å²) < 4.78 is 0. The Hall–Kier alpha value is -2.54. The van der Waals surface area contributed by atoms with Crippen molar-refractivity contribution in [1.29, 1.82) is 0 Å². The van der Waals surface area contributed by atoms with Gasteiger partial charge in [0, 0.05) is 10.7 Å². The smallest absolute Gasteiger partial charge is 0.249 e. The molecule has 1 aromatic carbocycles. The largest absolute Gasteiger partial charge is 0.324 e. The van der Waals surface area contributed by atoms with Crippen LogP contribution in [0.15, 0.2) is 34.6 Å². The summed E-state index contributed by atoms with van der Waals surface area (Å²) in [6.45, 7) is 5.68. The van der Waals surface area contributed by atoms with Crippen molar-refractivity contribution in [2.24, 2.45) is 4.99 Å². The van der Waals surface area contributed by atoms with Crippen molar-refractivity contribution in [3.63, 3.8) is 0 Å². The summed E-state index contributed by atoms with van der Waals surface area (Å²) in [7, 11) is 0. The predicted octanol–water partition coefficient (Wildman–Crippen LogP) is 1.90. The zero-order valence-electron chi connectivity index (χ0n) is 13.6. The van der Waals surface area contributed by atoms with Crippen LogP contribution in [0, 0.1) is 6.92 Å². The zero-order valence-corrected chi connectivity index (χ0v) is 14.4. The van der Waals surface area contributed by atoms with E-state index in [0.29, 0.717) is 22.5 Å². The molecule has 3 rings (SSSR count). The number of fused-ring (bicyclic) bond motifs is 1. The van der Waals surface area contributed by atoms with Crippen molar-refractivity contribution in [1.82, 2.24) is 15.8 Å². The zero-order chi connectivity index (χ0) is 17.4. The number of aryl methyl sites for hydroxylation is 1. The van der Waals surface area contributed by atoms with Gasteiger partial charge in [-0.2, -0.15) is 4.99 Å². The first kappa shape index (κ1) is 16.3. The molecule has 126 valence electrons. The Morgan fingerprint density at radius 2 is 2.17 bits per heavy atom. The third kappa shape index (κ3) is 3.07. The third-order valence-electron chi connectivity index (χ3n) is 3.85. The van der Waals surface area contributed by atoms with Crippen molar-refractivity contribution >= 4 is 35.1 Å². The quantitative estimate of drug-likeness (QED) is 0.762. The van der Waals surface area contributed by atoms with Gasteiger partial charge < -0.3 is 5.32 Å². The number of amides is 2. The highest BCUT2D eigenvalue weighted by molar-refractivity contribution is 6.31. The van der Waals surface area contributed by atoms with Crippen LogP contribution in [-0.2, 0) is 9.59 Å². The lowest BCUT2D eigenvalue weighted by Crippen LogP contribution is -2.61. The van der Waals surface area contributed by atoms with Crippen LogP contribution in [0.3, 0.4) is 0 Å². The average Bonchev–Trinajstić information content (AvgIpc) is 2.94. The van der Waals surface area contributed by atoms with Crippen LogP contribution >= 0.6 is 11.6 Å². The van der Waals surface area contributed by atoms with Crippen LogP contribution in [0.4, 0.5) is 5.69 Å². The molecule has 1 atom stereocenters. The second-order valence-corrected chi connectivity index (χ2v) is 6.42. The van der Waals surface area contributed by atoms with Crippen molar-refractivity contribution in [2.45, 2.75) is 33.2 Å². The highest BCUT2D eigenvalue weighted by Crippen LogP contribution is 2.23. The molecule has 1 unspecified atom stereocenters. The van der Waals surface area contributed by atoms with Gasteiger partial charge in [0.05, 0.1) is 6.42 Å². The standard InChI is InChI=1S/C16H18ClN5O2/c1-8(2)14-20-16-19-13(23)7-12(22(16)21-14)15(24)18-11-6-10(17)5-4-9(11)3/h4-6,12,21H,7H2,1-3H3,(H,18,24)(H,19,20,23). The van der Waals surface area contributed by atoms with E-state index in [1.54, 1.807) is 17.1 Å². The lowest BCUT2D eigenvalue weighted by Gasteiger charge is -2.32. The van der Waals surface area contributed by atoms with Crippen molar-refractivity contribution < 1.29 is 9.59 Å². The van der Waals surface area contributed by atoms with E-state index in [-0.39, 0.29) is 18.2 Å². The second-order valence-electron chi connectivity index (χ2n) is 5.98. The molecule has 1 saturated heterocycles. The fraction of sp³-hybridized carbons (Fsp3) is 0.312. The molecule has 1 aromatic rings. The van der Waals surface area contributed by atoms with E-state index in [0.717, 1.165) is 11.1 Å². The number of nitrogens with one attached hydrogen (secondary N) is 3. The molecule has 1 fully saturated rings. The number of carbonyl (C=O) groups is 2. The Balaban J connectivity index is 1.84. The molecule has 0 radical (unpaired) electrons. The molecule has 0 spiro atoms. The minimum absolute atomic E-state index is 0.0352. The van der Waals surface area contributed by atoms with Gasteiger partial charge in [0.1, 0.15) is 11.9 Å². The Labute approximate surface area is 144 Å². The topological polar surface area (TPSA) is 85.8 Å². The average molecular weight is 348 g/mol. The number of allylic oxidation sites excluding steroid dienone is 1. The van der Waals surface area contributed by atoms with Gasteiger partial charge in [-0.1, -0.05) is 17.7 Å². The molecule has 8 heteroatoms. The molecule has 2 amide bonds. The number of hydrogen-bond donors (Lipinski definition) is 3. The van der Waals surface area contributed by atoms with Crippen LogP contribution in [0.1, 0.15) is 25.8 Å². The number of nitrogens with zero attached hydrogens (tertiary/aromatic N) is 2. The minimum atomic E-state index is -0.701. The molecule has 0 aliphatic carbocycles. The van der Waals surface area contributed by atoms with E-state index in [1.165, 1.54) is 0 Å². The molecule has 7 nitrogen and oxygen atoms in total. The maximum atomic E-state index is 12.7. The lowest BCUT2D eigenvalue weighted by molar-refractivity contribution is -0.129. The predicted molar refractivity (Wildman–Crippen MR) is 92.2 cm³/mol. The van der Waals surface area contributed by atoms with Crippen LogP contribution in [0.5, 0.6) is 0 Å². The van der Waals surface area contributed by atoms with E-state index >= 15 is 0 Å². The van der Waals surface area contributed by atoms with E-state index in [9.17, 15) is 9.59 Å². The SMILES string of the molecule is CC(C)=C1N=C2NC(=O)CC(C(=O)Nc3cc(Cl)ccc3C)N2N1. The summed E-state index contributed by atoms with van der Waals surface area (Å²) in [5.41, 5.74) is 5.53. The molecule has 0 bridgehead atoms. The Kier molecular flexibility index (Phi) is 4.19. The van der Waals surface area contributed by atoms with Gasteiger partial charge in [-0.25, -0.2) is 5.01 Å². The number of benzene rings is 1. The van der Waals surface area contributed by atoms with E-state index in [1.807, 2.05) is 26.8 Å². The van der Waals surface area contributed by atoms with Crippen LogP contribution < -0.4 is 16.1 Å². The summed E-state index contributed by atoms with van der Waals surface area (Å²) in [4.78, 5) is 28.9. The number of halogens is 1. The number of rotatable bonds is 2. The van der Waals surface area contributed by atoms with E-state index in [2.05, 4.69) is 21.1 Å². The summed E-state index contributed by atoms with van der Waals surface area (Å²) >= 11 is 5.99. The van der Waals surface area contributed by atoms with Gasteiger partial charge in [0.15, 0.2) is 0 Å². The minimum Gasteiger partial charge on any atom is -0.324 e. The monoisotopic (exact) mass is 347 g/mol. The number of hydrogen-bond acceptors (Lipinski definition) is 5. The number of hydrazine groups is 1. The van der Waals surface area contributed by atoms with E-state index in [4.69, 9.17) is 11.6 Å². The van der Waals surface area contributed by atoms with Crippen LogP contribution in [-0.4, -0.2) is 28.8 Å². The molecule has 2 heterocycles. The van der Waals surface area contributed by atoms with Crippen molar-refractivity contribution in [2.75, 3.05) is 5.32 Å². The fourth-order valence-electron chi connectivity index (χ4n) is 2.49. The van der Waals surface area contributed by atoms with Crippen molar-refractivity contribution in [3.8, 4) is 0 Å².